The lowest BCUT2D eigenvalue weighted by atomic mass is 10.1. The molecule has 0 spiro atoms. The highest BCUT2D eigenvalue weighted by molar-refractivity contribution is 5.32. The van der Waals surface area contributed by atoms with E-state index in [2.05, 4.69) is 4.90 Å². The molecule has 0 saturated carbocycles. The Morgan fingerprint density at radius 2 is 2.35 bits per heavy atom. The van der Waals surface area contributed by atoms with E-state index >= 15 is 0 Å². The summed E-state index contributed by atoms with van der Waals surface area (Å²) in [4.78, 5) is 2.11. The van der Waals surface area contributed by atoms with Gasteiger partial charge in [-0.15, -0.1) is 0 Å². The summed E-state index contributed by atoms with van der Waals surface area (Å²) in [5.74, 6) is -0.205. The largest absolute Gasteiger partial charge is 0.508 e. The first-order valence-corrected chi connectivity index (χ1v) is 5.70. The minimum atomic E-state index is -0.332. The Bertz CT molecular complexity index is 387. The summed E-state index contributed by atoms with van der Waals surface area (Å²) in [6.45, 7) is 3.10. The van der Waals surface area contributed by atoms with Crippen LogP contribution in [0.25, 0.3) is 0 Å². The van der Waals surface area contributed by atoms with Crippen molar-refractivity contribution in [1.82, 2.24) is 4.90 Å². The molecule has 0 radical (unpaired) electrons. The maximum Gasteiger partial charge on any atom is 0.123 e. The standard InChI is InChI=1S/C12H17FN2O2/c13-10-1-2-12(16)9(5-10)7-15-3-4-17-11(6-14)8-15/h1-2,5,11,16H,3-4,6-8,14H2. The number of hydrogen-bond acceptors (Lipinski definition) is 4. The Morgan fingerprint density at radius 1 is 1.53 bits per heavy atom. The van der Waals surface area contributed by atoms with Crippen molar-refractivity contribution in [3.8, 4) is 5.75 Å². The monoisotopic (exact) mass is 240 g/mol. The predicted molar refractivity (Wildman–Crippen MR) is 62.1 cm³/mol. The number of nitrogens with two attached hydrogens (primary N) is 1. The second-order valence-electron chi connectivity index (χ2n) is 4.24. The smallest absolute Gasteiger partial charge is 0.123 e. The van der Waals surface area contributed by atoms with Crippen LogP contribution in [0.5, 0.6) is 5.75 Å². The molecule has 1 atom stereocenters. The SMILES string of the molecule is NCC1CN(Cc2cc(F)ccc2O)CCO1. The van der Waals surface area contributed by atoms with Crippen molar-refractivity contribution in [3.63, 3.8) is 0 Å². The van der Waals surface area contributed by atoms with E-state index < -0.39 is 0 Å². The molecular weight excluding hydrogens is 223 g/mol. The number of rotatable bonds is 3. The fourth-order valence-electron chi connectivity index (χ4n) is 1.99. The molecule has 1 unspecified atom stereocenters. The van der Waals surface area contributed by atoms with Crippen molar-refractivity contribution < 1.29 is 14.2 Å². The topological polar surface area (TPSA) is 58.7 Å². The molecule has 5 heteroatoms. The molecule has 0 aliphatic carbocycles. The van der Waals surface area contributed by atoms with Gasteiger partial charge in [0.05, 0.1) is 12.7 Å². The third-order valence-electron chi connectivity index (χ3n) is 2.92. The van der Waals surface area contributed by atoms with E-state index in [1.807, 2.05) is 0 Å². The van der Waals surface area contributed by atoms with Crippen LogP contribution in [0, 0.1) is 5.82 Å². The Hall–Kier alpha value is -1.17. The zero-order chi connectivity index (χ0) is 12.3. The molecule has 3 N–H and O–H groups in total. The molecule has 1 aliphatic heterocycles. The van der Waals surface area contributed by atoms with Crippen LogP contribution in [0.3, 0.4) is 0 Å². The highest BCUT2D eigenvalue weighted by Gasteiger charge is 2.20. The Balaban J connectivity index is 2.02. The summed E-state index contributed by atoms with van der Waals surface area (Å²) < 4.78 is 18.5. The third-order valence-corrected chi connectivity index (χ3v) is 2.92. The van der Waals surface area contributed by atoms with Crippen molar-refractivity contribution in [2.45, 2.75) is 12.6 Å². The number of morpholine rings is 1. The second kappa shape index (κ2) is 5.44. The summed E-state index contributed by atoms with van der Waals surface area (Å²) in [6, 6.07) is 3.99. The molecule has 17 heavy (non-hydrogen) atoms. The van der Waals surface area contributed by atoms with Gasteiger partial charge in [-0.3, -0.25) is 4.90 Å². The fourth-order valence-corrected chi connectivity index (χ4v) is 1.99. The van der Waals surface area contributed by atoms with Gasteiger partial charge >= 0.3 is 0 Å². The van der Waals surface area contributed by atoms with Crippen molar-refractivity contribution in [1.29, 1.82) is 0 Å². The molecule has 2 rings (SSSR count). The van der Waals surface area contributed by atoms with E-state index in [0.29, 0.717) is 31.8 Å². The van der Waals surface area contributed by atoms with Crippen LogP contribution in [0.4, 0.5) is 4.39 Å². The Kier molecular flexibility index (Phi) is 3.93. The number of hydrogen-bond donors (Lipinski definition) is 2. The first-order valence-electron chi connectivity index (χ1n) is 5.70. The molecule has 4 nitrogen and oxygen atoms in total. The van der Waals surface area contributed by atoms with Gasteiger partial charge in [0, 0.05) is 31.7 Å². The number of ether oxygens (including phenoxy) is 1. The van der Waals surface area contributed by atoms with Crippen LogP contribution >= 0.6 is 0 Å². The average molecular weight is 240 g/mol. The molecular formula is C12H17FN2O2. The maximum atomic E-state index is 13.1. The van der Waals surface area contributed by atoms with E-state index in [1.165, 1.54) is 18.2 Å². The van der Waals surface area contributed by atoms with Crippen LogP contribution in [0.1, 0.15) is 5.56 Å². The second-order valence-corrected chi connectivity index (χ2v) is 4.24. The molecule has 1 heterocycles. The number of phenols is 1. The molecule has 0 bridgehead atoms. The zero-order valence-corrected chi connectivity index (χ0v) is 9.60. The summed E-state index contributed by atoms with van der Waals surface area (Å²) in [7, 11) is 0. The number of benzene rings is 1. The van der Waals surface area contributed by atoms with Gasteiger partial charge in [-0.2, -0.15) is 0 Å². The summed E-state index contributed by atoms with van der Waals surface area (Å²) in [5.41, 5.74) is 6.15. The Labute approximate surface area is 99.8 Å². The fraction of sp³-hybridized carbons (Fsp3) is 0.500. The third kappa shape index (κ3) is 3.15. The molecule has 0 amide bonds. The van der Waals surface area contributed by atoms with E-state index in [9.17, 15) is 9.50 Å². The Morgan fingerprint density at radius 3 is 3.12 bits per heavy atom. The van der Waals surface area contributed by atoms with Crippen molar-refractivity contribution in [3.05, 3.63) is 29.6 Å². The van der Waals surface area contributed by atoms with E-state index in [-0.39, 0.29) is 17.7 Å². The normalized spacial score (nSPS) is 21.6. The van der Waals surface area contributed by atoms with Gasteiger partial charge in [0.15, 0.2) is 0 Å². The van der Waals surface area contributed by atoms with Gasteiger partial charge in [-0.25, -0.2) is 4.39 Å². The first-order chi connectivity index (χ1) is 8.19. The number of phenolic OH excluding ortho intramolecular Hbond substituents is 1. The van der Waals surface area contributed by atoms with Crippen molar-refractivity contribution in [2.24, 2.45) is 5.73 Å². The lowest BCUT2D eigenvalue weighted by Crippen LogP contribution is -2.45. The molecule has 94 valence electrons. The van der Waals surface area contributed by atoms with Gasteiger partial charge in [-0.1, -0.05) is 0 Å². The van der Waals surface area contributed by atoms with Crippen LogP contribution in [-0.4, -0.2) is 42.4 Å². The molecule has 1 saturated heterocycles. The molecule has 1 aromatic carbocycles. The minimum absolute atomic E-state index is 0.0273. The summed E-state index contributed by atoms with van der Waals surface area (Å²) >= 11 is 0. The highest BCUT2D eigenvalue weighted by Crippen LogP contribution is 2.20. The molecule has 1 aromatic rings. The van der Waals surface area contributed by atoms with Gasteiger partial charge in [0.2, 0.25) is 0 Å². The molecule has 1 fully saturated rings. The van der Waals surface area contributed by atoms with Crippen LogP contribution < -0.4 is 5.73 Å². The van der Waals surface area contributed by atoms with E-state index in [1.54, 1.807) is 0 Å². The quantitative estimate of drug-likeness (QED) is 0.816. The van der Waals surface area contributed by atoms with Crippen molar-refractivity contribution in [2.75, 3.05) is 26.2 Å². The molecule has 0 aromatic heterocycles. The number of halogens is 1. The summed E-state index contributed by atoms with van der Waals surface area (Å²) in [6.07, 6.45) is 0.0273. The number of aromatic hydroxyl groups is 1. The van der Waals surface area contributed by atoms with E-state index in [0.717, 1.165) is 6.54 Å². The van der Waals surface area contributed by atoms with Gasteiger partial charge in [-0.05, 0) is 18.2 Å². The van der Waals surface area contributed by atoms with Crippen LogP contribution in [-0.2, 0) is 11.3 Å². The number of nitrogens with zero attached hydrogens (tertiary/aromatic N) is 1. The van der Waals surface area contributed by atoms with Gasteiger partial charge in [0.25, 0.3) is 0 Å². The van der Waals surface area contributed by atoms with Crippen molar-refractivity contribution >= 4 is 0 Å². The zero-order valence-electron chi connectivity index (χ0n) is 9.60. The minimum Gasteiger partial charge on any atom is -0.508 e. The average Bonchev–Trinajstić information content (AvgIpc) is 2.34. The van der Waals surface area contributed by atoms with Gasteiger partial charge < -0.3 is 15.6 Å². The predicted octanol–water partition coefficient (Wildman–Crippen LogP) is 0.691. The lowest BCUT2D eigenvalue weighted by molar-refractivity contribution is -0.0262. The summed E-state index contributed by atoms with van der Waals surface area (Å²) in [5, 5.41) is 9.64. The van der Waals surface area contributed by atoms with Gasteiger partial charge in [0.1, 0.15) is 11.6 Å². The molecule has 1 aliphatic rings. The highest BCUT2D eigenvalue weighted by atomic mass is 19.1. The maximum absolute atomic E-state index is 13.1. The van der Waals surface area contributed by atoms with E-state index in [4.69, 9.17) is 10.5 Å². The van der Waals surface area contributed by atoms with Crippen LogP contribution in [0.2, 0.25) is 0 Å². The lowest BCUT2D eigenvalue weighted by Gasteiger charge is -2.32. The first kappa shape index (κ1) is 12.3. The van der Waals surface area contributed by atoms with Crippen LogP contribution in [0.15, 0.2) is 18.2 Å².